The summed E-state index contributed by atoms with van der Waals surface area (Å²) in [6.07, 6.45) is 4.34. The molecule has 1 N–H and O–H groups in total. The molecule has 0 aromatic carbocycles. The van der Waals surface area contributed by atoms with E-state index in [1.54, 1.807) is 6.08 Å². The second-order valence-corrected chi connectivity index (χ2v) is 4.88. The van der Waals surface area contributed by atoms with Crippen LogP contribution in [0.4, 0.5) is 5.82 Å². The Bertz CT molecular complexity index is 584. The predicted octanol–water partition coefficient (Wildman–Crippen LogP) is 3.50. The Morgan fingerprint density at radius 3 is 2.94 bits per heavy atom. The van der Waals surface area contributed by atoms with Gasteiger partial charge in [0.1, 0.15) is 11.3 Å². The molecular formula is C11H7Cl2N3OS. The number of hydrogen-bond donors (Lipinski definition) is 1. The van der Waals surface area contributed by atoms with Crippen molar-refractivity contribution >= 4 is 52.3 Å². The molecule has 0 spiro atoms. The molecule has 2 heterocycles. The zero-order valence-electron chi connectivity index (χ0n) is 8.93. The first-order valence-corrected chi connectivity index (χ1v) is 6.49. The molecule has 4 nitrogen and oxygen atoms in total. The Hall–Kier alpha value is -1.43. The van der Waals surface area contributed by atoms with Crippen LogP contribution in [0.3, 0.4) is 0 Å². The zero-order chi connectivity index (χ0) is 13.0. The molecule has 2 aromatic rings. The molecule has 0 saturated carbocycles. The van der Waals surface area contributed by atoms with Crippen molar-refractivity contribution in [3.8, 4) is 0 Å². The summed E-state index contributed by atoms with van der Waals surface area (Å²) < 4.78 is 0. The van der Waals surface area contributed by atoms with E-state index in [1.165, 1.54) is 23.7 Å². The van der Waals surface area contributed by atoms with Crippen molar-refractivity contribution in [1.29, 1.82) is 0 Å². The second-order valence-electron chi connectivity index (χ2n) is 3.17. The highest BCUT2D eigenvalue weighted by Gasteiger charge is 2.08. The minimum absolute atomic E-state index is 0.101. The molecule has 0 atom stereocenters. The van der Waals surface area contributed by atoms with Gasteiger partial charge in [0.25, 0.3) is 0 Å². The maximum Gasteiger partial charge on any atom is 0.249 e. The van der Waals surface area contributed by atoms with E-state index in [-0.39, 0.29) is 21.9 Å². The molecule has 0 fully saturated rings. The highest BCUT2D eigenvalue weighted by molar-refractivity contribution is 7.10. The summed E-state index contributed by atoms with van der Waals surface area (Å²) in [6, 6.07) is 3.81. The Morgan fingerprint density at radius 2 is 2.22 bits per heavy atom. The molecular weight excluding hydrogens is 293 g/mol. The van der Waals surface area contributed by atoms with E-state index in [0.29, 0.717) is 0 Å². The largest absolute Gasteiger partial charge is 0.306 e. The fourth-order valence-electron chi connectivity index (χ4n) is 1.14. The molecule has 7 heteroatoms. The lowest BCUT2D eigenvalue weighted by Crippen LogP contribution is -2.10. The Morgan fingerprint density at radius 1 is 1.39 bits per heavy atom. The third-order valence-corrected chi connectivity index (χ3v) is 3.51. The summed E-state index contributed by atoms with van der Waals surface area (Å²) in [6.45, 7) is 0. The van der Waals surface area contributed by atoms with Crippen molar-refractivity contribution in [2.75, 3.05) is 5.32 Å². The zero-order valence-corrected chi connectivity index (χ0v) is 11.3. The first kappa shape index (κ1) is 13.0. The molecule has 18 heavy (non-hydrogen) atoms. The van der Waals surface area contributed by atoms with Crippen molar-refractivity contribution in [3.63, 3.8) is 0 Å². The normalized spacial score (nSPS) is 10.8. The molecule has 0 unspecified atom stereocenters. The highest BCUT2D eigenvalue weighted by atomic mass is 35.5. The number of rotatable bonds is 3. The van der Waals surface area contributed by atoms with Gasteiger partial charge in [0.05, 0.1) is 0 Å². The lowest BCUT2D eigenvalue weighted by Gasteiger charge is -2.03. The second kappa shape index (κ2) is 5.95. The number of amides is 1. The van der Waals surface area contributed by atoms with Crippen molar-refractivity contribution in [2.45, 2.75) is 0 Å². The van der Waals surface area contributed by atoms with Gasteiger partial charge in [-0.1, -0.05) is 29.3 Å². The van der Waals surface area contributed by atoms with Gasteiger partial charge in [0, 0.05) is 11.0 Å². The smallest absolute Gasteiger partial charge is 0.249 e. The van der Waals surface area contributed by atoms with Gasteiger partial charge < -0.3 is 5.32 Å². The van der Waals surface area contributed by atoms with Crippen LogP contribution in [0.15, 0.2) is 29.9 Å². The third-order valence-electron chi connectivity index (χ3n) is 1.93. The van der Waals surface area contributed by atoms with Gasteiger partial charge in [0.15, 0.2) is 11.0 Å². The number of thiophene rings is 1. The van der Waals surface area contributed by atoms with Crippen LogP contribution in [0.2, 0.25) is 10.2 Å². The summed E-state index contributed by atoms with van der Waals surface area (Å²) in [5.74, 6) is -0.141. The van der Waals surface area contributed by atoms with Crippen molar-refractivity contribution < 1.29 is 4.79 Å². The number of carbonyl (C=O) groups excluding carboxylic acids is 1. The van der Waals surface area contributed by atoms with Crippen LogP contribution in [0, 0.1) is 0 Å². The summed E-state index contributed by atoms with van der Waals surface area (Å²) in [7, 11) is 0. The lowest BCUT2D eigenvalue weighted by molar-refractivity contribution is -0.111. The van der Waals surface area contributed by atoms with E-state index in [0.717, 1.165) is 4.88 Å². The Balaban J connectivity index is 2.05. The average Bonchev–Trinajstić information content (AvgIpc) is 2.86. The topological polar surface area (TPSA) is 54.9 Å². The van der Waals surface area contributed by atoms with E-state index >= 15 is 0 Å². The van der Waals surface area contributed by atoms with E-state index in [2.05, 4.69) is 15.3 Å². The van der Waals surface area contributed by atoms with Crippen LogP contribution >= 0.6 is 34.5 Å². The van der Waals surface area contributed by atoms with Crippen LogP contribution in [0.5, 0.6) is 0 Å². The maximum absolute atomic E-state index is 11.6. The summed E-state index contributed by atoms with van der Waals surface area (Å²) in [4.78, 5) is 20.1. The first-order chi connectivity index (χ1) is 8.66. The van der Waals surface area contributed by atoms with Crippen molar-refractivity contribution in [2.24, 2.45) is 0 Å². The van der Waals surface area contributed by atoms with E-state index in [9.17, 15) is 4.79 Å². The SMILES string of the molecule is O=C(/C=C/c1cccs1)Nc1ncnc(Cl)c1Cl. The number of nitrogens with zero attached hydrogens (tertiary/aromatic N) is 2. The fraction of sp³-hybridized carbons (Fsp3) is 0. The van der Waals surface area contributed by atoms with E-state index in [4.69, 9.17) is 23.2 Å². The van der Waals surface area contributed by atoms with Crippen molar-refractivity contribution in [3.05, 3.63) is 45.0 Å². The lowest BCUT2D eigenvalue weighted by atomic mass is 10.4. The predicted molar refractivity (Wildman–Crippen MR) is 74.0 cm³/mol. The molecule has 92 valence electrons. The summed E-state index contributed by atoms with van der Waals surface area (Å²) in [5.41, 5.74) is 0. The summed E-state index contributed by atoms with van der Waals surface area (Å²) in [5, 5.41) is 4.68. The van der Waals surface area contributed by atoms with Crippen LogP contribution in [-0.2, 0) is 4.79 Å². The molecule has 2 rings (SSSR count). The molecule has 0 saturated heterocycles. The maximum atomic E-state index is 11.6. The molecule has 0 aliphatic heterocycles. The van der Waals surface area contributed by atoms with Gasteiger partial charge in [-0.15, -0.1) is 11.3 Å². The molecule has 0 aliphatic rings. The Kier molecular flexibility index (Phi) is 4.30. The van der Waals surface area contributed by atoms with E-state index in [1.807, 2.05) is 17.5 Å². The number of nitrogens with one attached hydrogen (secondary N) is 1. The molecule has 0 bridgehead atoms. The minimum Gasteiger partial charge on any atom is -0.306 e. The molecule has 0 aliphatic carbocycles. The number of hydrogen-bond acceptors (Lipinski definition) is 4. The van der Waals surface area contributed by atoms with Crippen LogP contribution in [0.25, 0.3) is 6.08 Å². The Labute approximate surface area is 117 Å². The highest BCUT2D eigenvalue weighted by Crippen LogP contribution is 2.25. The first-order valence-electron chi connectivity index (χ1n) is 4.85. The quantitative estimate of drug-likeness (QED) is 0.697. The average molecular weight is 300 g/mol. The summed E-state index contributed by atoms with van der Waals surface area (Å²) >= 11 is 13.1. The van der Waals surface area contributed by atoms with Crippen LogP contribution < -0.4 is 5.32 Å². The monoisotopic (exact) mass is 299 g/mol. The fourth-order valence-corrected chi connectivity index (χ4v) is 2.03. The molecule has 0 radical (unpaired) electrons. The van der Waals surface area contributed by atoms with Gasteiger partial charge in [-0.2, -0.15) is 0 Å². The van der Waals surface area contributed by atoms with Gasteiger partial charge in [0.2, 0.25) is 5.91 Å². The van der Waals surface area contributed by atoms with Crippen molar-refractivity contribution in [1.82, 2.24) is 9.97 Å². The standard InChI is InChI=1S/C11H7Cl2N3OS/c12-9-10(13)14-6-15-11(9)16-8(17)4-3-7-2-1-5-18-7/h1-6H,(H,14,15,16,17)/b4-3+. The molecule has 1 amide bonds. The van der Waals surface area contributed by atoms with Crippen LogP contribution in [0.1, 0.15) is 4.88 Å². The van der Waals surface area contributed by atoms with E-state index < -0.39 is 0 Å². The molecule has 2 aromatic heterocycles. The minimum atomic E-state index is -0.333. The number of aromatic nitrogens is 2. The van der Waals surface area contributed by atoms with Gasteiger partial charge >= 0.3 is 0 Å². The van der Waals surface area contributed by atoms with Crippen LogP contribution in [-0.4, -0.2) is 15.9 Å². The number of carbonyl (C=O) groups is 1. The van der Waals surface area contributed by atoms with Gasteiger partial charge in [-0.05, 0) is 17.5 Å². The van der Waals surface area contributed by atoms with Gasteiger partial charge in [-0.3, -0.25) is 4.79 Å². The number of anilines is 1. The van der Waals surface area contributed by atoms with Gasteiger partial charge in [-0.25, -0.2) is 9.97 Å². The third kappa shape index (κ3) is 3.29. The number of halogens is 2.